The molecule has 3 heteroatoms. The third-order valence-corrected chi connectivity index (χ3v) is 3.62. The van der Waals surface area contributed by atoms with E-state index in [9.17, 15) is 9.59 Å². The van der Waals surface area contributed by atoms with Crippen molar-refractivity contribution in [1.82, 2.24) is 0 Å². The molecule has 0 aliphatic carbocycles. The summed E-state index contributed by atoms with van der Waals surface area (Å²) in [4.78, 5) is 25.6. The molecule has 1 amide bonds. The van der Waals surface area contributed by atoms with Crippen LogP contribution in [0.25, 0.3) is 0 Å². The molecule has 100 valence electrons. The number of aryl methyl sites for hydroxylation is 1. The highest BCUT2D eigenvalue weighted by atomic mass is 16.2. The Balaban J connectivity index is 1.95. The molecule has 1 heterocycles. The Morgan fingerprint density at radius 2 is 1.70 bits per heavy atom. The minimum Gasteiger partial charge on any atom is -0.300 e. The van der Waals surface area contributed by atoms with E-state index >= 15 is 0 Å². The first-order valence-electron chi connectivity index (χ1n) is 6.73. The maximum atomic E-state index is 12.1. The summed E-state index contributed by atoms with van der Waals surface area (Å²) in [6.45, 7) is 2.54. The number of ketones is 1. The van der Waals surface area contributed by atoms with E-state index in [1.54, 1.807) is 17.0 Å². The monoisotopic (exact) mass is 265 g/mol. The van der Waals surface area contributed by atoms with Crippen LogP contribution in [0.15, 0.2) is 48.5 Å². The Morgan fingerprint density at radius 1 is 0.950 bits per heavy atom. The number of Topliss-reactive ketones (excluding diaryl/α,β-unsaturated/α-hetero) is 1. The van der Waals surface area contributed by atoms with Crippen molar-refractivity contribution in [3.63, 3.8) is 0 Å². The maximum Gasteiger partial charge on any atom is 0.299 e. The lowest BCUT2D eigenvalue weighted by Crippen LogP contribution is -2.29. The first kappa shape index (κ1) is 12.6. The first-order valence-corrected chi connectivity index (χ1v) is 6.73. The number of carbonyl (C=O) groups excluding carboxylic acids is 2. The minimum atomic E-state index is -0.437. The summed E-state index contributed by atoms with van der Waals surface area (Å²) in [7, 11) is 0. The fourth-order valence-electron chi connectivity index (χ4n) is 2.54. The van der Waals surface area contributed by atoms with Crippen molar-refractivity contribution in [1.29, 1.82) is 0 Å². The molecule has 0 atom stereocenters. The lowest BCUT2D eigenvalue weighted by molar-refractivity contribution is -0.114. The van der Waals surface area contributed by atoms with E-state index in [4.69, 9.17) is 0 Å². The lowest BCUT2D eigenvalue weighted by atomic mass is 10.1. The van der Waals surface area contributed by atoms with E-state index in [1.165, 1.54) is 5.56 Å². The largest absolute Gasteiger partial charge is 0.300 e. The second-order valence-corrected chi connectivity index (χ2v) is 4.91. The van der Waals surface area contributed by atoms with Gasteiger partial charge in [-0.25, -0.2) is 0 Å². The number of rotatable bonds is 3. The van der Waals surface area contributed by atoms with E-state index in [0.29, 0.717) is 17.8 Å². The Kier molecular flexibility index (Phi) is 3.11. The average molecular weight is 265 g/mol. The van der Waals surface area contributed by atoms with E-state index in [0.717, 1.165) is 12.0 Å². The van der Waals surface area contributed by atoms with E-state index in [1.807, 2.05) is 24.3 Å². The average Bonchev–Trinajstić information content (AvgIpc) is 2.73. The number of nitrogens with zero attached hydrogens (tertiary/aromatic N) is 1. The molecule has 2 aromatic rings. The van der Waals surface area contributed by atoms with Crippen LogP contribution in [-0.2, 0) is 17.8 Å². The maximum absolute atomic E-state index is 12.1. The van der Waals surface area contributed by atoms with Gasteiger partial charge in [-0.15, -0.1) is 0 Å². The molecule has 0 saturated carbocycles. The van der Waals surface area contributed by atoms with Crippen molar-refractivity contribution < 1.29 is 9.59 Å². The summed E-state index contributed by atoms with van der Waals surface area (Å²) >= 11 is 0. The Labute approximate surface area is 117 Å². The predicted molar refractivity (Wildman–Crippen MR) is 77.8 cm³/mol. The number of para-hydroxylation sites is 1. The Morgan fingerprint density at radius 3 is 2.50 bits per heavy atom. The van der Waals surface area contributed by atoms with Gasteiger partial charge in [0.15, 0.2) is 0 Å². The number of carbonyl (C=O) groups is 2. The SMILES string of the molecule is CCc1cccc(CN2C(=O)C(=O)c3ccccc32)c1. The van der Waals surface area contributed by atoms with Gasteiger partial charge in [-0.2, -0.15) is 0 Å². The van der Waals surface area contributed by atoms with Crippen LogP contribution in [0.3, 0.4) is 0 Å². The summed E-state index contributed by atoms with van der Waals surface area (Å²) < 4.78 is 0. The summed E-state index contributed by atoms with van der Waals surface area (Å²) in [5.41, 5.74) is 3.49. The highest BCUT2D eigenvalue weighted by molar-refractivity contribution is 6.52. The third-order valence-electron chi connectivity index (χ3n) is 3.62. The molecule has 0 fully saturated rings. The van der Waals surface area contributed by atoms with Gasteiger partial charge in [0.05, 0.1) is 17.8 Å². The zero-order valence-corrected chi connectivity index (χ0v) is 11.3. The van der Waals surface area contributed by atoms with Gasteiger partial charge in [0.25, 0.3) is 11.7 Å². The highest BCUT2D eigenvalue weighted by Crippen LogP contribution is 2.29. The topological polar surface area (TPSA) is 37.4 Å². The van der Waals surface area contributed by atoms with Gasteiger partial charge in [0, 0.05) is 0 Å². The standard InChI is InChI=1S/C17H15NO2/c1-2-12-6-5-7-13(10-12)11-18-15-9-4-3-8-14(15)16(19)17(18)20/h3-10H,2,11H2,1H3. The second-order valence-electron chi connectivity index (χ2n) is 4.91. The smallest absolute Gasteiger partial charge is 0.299 e. The molecule has 0 unspecified atom stereocenters. The number of anilines is 1. The number of amides is 1. The fourth-order valence-corrected chi connectivity index (χ4v) is 2.54. The minimum absolute atomic E-state index is 0.410. The predicted octanol–water partition coefficient (Wildman–Crippen LogP) is 2.98. The van der Waals surface area contributed by atoms with Crippen LogP contribution >= 0.6 is 0 Å². The number of benzene rings is 2. The van der Waals surface area contributed by atoms with Gasteiger partial charge in [-0.1, -0.05) is 43.3 Å². The summed E-state index contributed by atoms with van der Waals surface area (Å²) in [5.74, 6) is -0.847. The van der Waals surface area contributed by atoms with Crippen LogP contribution in [0, 0.1) is 0 Å². The van der Waals surface area contributed by atoms with Gasteiger partial charge >= 0.3 is 0 Å². The van der Waals surface area contributed by atoms with Crippen molar-refractivity contribution in [2.75, 3.05) is 4.90 Å². The molecule has 0 spiro atoms. The van der Waals surface area contributed by atoms with Crippen LogP contribution < -0.4 is 4.90 Å². The van der Waals surface area contributed by atoms with Crippen LogP contribution in [0.4, 0.5) is 5.69 Å². The van der Waals surface area contributed by atoms with Crippen LogP contribution in [0.5, 0.6) is 0 Å². The third kappa shape index (κ3) is 2.01. The number of hydrogen-bond donors (Lipinski definition) is 0. The van der Waals surface area contributed by atoms with E-state index < -0.39 is 11.7 Å². The van der Waals surface area contributed by atoms with Gasteiger partial charge in [0.1, 0.15) is 0 Å². The molecule has 1 aliphatic rings. The summed E-state index contributed by atoms with van der Waals surface area (Å²) in [6, 6.07) is 15.3. The number of fused-ring (bicyclic) bond motifs is 1. The molecule has 0 radical (unpaired) electrons. The van der Waals surface area contributed by atoms with Gasteiger partial charge in [0.2, 0.25) is 0 Å². The van der Waals surface area contributed by atoms with Gasteiger partial charge in [-0.3, -0.25) is 9.59 Å². The van der Waals surface area contributed by atoms with Crippen molar-refractivity contribution in [3.8, 4) is 0 Å². The lowest BCUT2D eigenvalue weighted by Gasteiger charge is -2.16. The molecule has 1 aliphatic heterocycles. The second kappa shape index (κ2) is 4.93. The van der Waals surface area contributed by atoms with Crippen LogP contribution in [-0.4, -0.2) is 11.7 Å². The van der Waals surface area contributed by atoms with Gasteiger partial charge in [-0.05, 0) is 29.7 Å². The van der Waals surface area contributed by atoms with Crippen molar-refractivity contribution in [2.45, 2.75) is 19.9 Å². The molecule has 20 heavy (non-hydrogen) atoms. The van der Waals surface area contributed by atoms with E-state index in [-0.39, 0.29) is 0 Å². The van der Waals surface area contributed by atoms with Crippen molar-refractivity contribution in [3.05, 3.63) is 65.2 Å². The molecule has 3 nitrogen and oxygen atoms in total. The van der Waals surface area contributed by atoms with Crippen LogP contribution in [0.2, 0.25) is 0 Å². The normalized spacial score (nSPS) is 13.8. The van der Waals surface area contributed by atoms with Crippen molar-refractivity contribution >= 4 is 17.4 Å². The number of hydrogen-bond acceptors (Lipinski definition) is 2. The molecule has 3 rings (SSSR count). The molecular formula is C17H15NO2. The Hall–Kier alpha value is -2.42. The molecule has 0 aromatic heterocycles. The van der Waals surface area contributed by atoms with Crippen molar-refractivity contribution in [2.24, 2.45) is 0 Å². The van der Waals surface area contributed by atoms with Crippen LogP contribution in [0.1, 0.15) is 28.4 Å². The zero-order chi connectivity index (χ0) is 14.1. The molecule has 2 aromatic carbocycles. The molecular weight excluding hydrogens is 250 g/mol. The molecule has 0 bridgehead atoms. The molecule has 0 N–H and O–H groups in total. The van der Waals surface area contributed by atoms with E-state index in [2.05, 4.69) is 19.1 Å². The first-order chi connectivity index (χ1) is 9.70. The highest BCUT2D eigenvalue weighted by Gasteiger charge is 2.35. The van der Waals surface area contributed by atoms with Gasteiger partial charge < -0.3 is 4.90 Å². The fraction of sp³-hybridized carbons (Fsp3) is 0.176. The quantitative estimate of drug-likeness (QED) is 0.800. The Bertz CT molecular complexity index is 691. The summed E-state index contributed by atoms with van der Waals surface area (Å²) in [6.07, 6.45) is 0.956. The molecule has 0 saturated heterocycles. The summed E-state index contributed by atoms with van der Waals surface area (Å²) in [5, 5.41) is 0. The zero-order valence-electron chi connectivity index (χ0n) is 11.3.